The van der Waals surface area contributed by atoms with Gasteiger partial charge in [-0.15, -0.1) is 0 Å². The highest BCUT2D eigenvalue weighted by atomic mass is 35.5. The quantitative estimate of drug-likeness (QED) is 0.836. The van der Waals surface area contributed by atoms with Crippen molar-refractivity contribution in [2.24, 2.45) is 0 Å². The molecule has 5 nitrogen and oxygen atoms in total. The Bertz CT molecular complexity index is 535. The molecule has 0 saturated carbocycles. The number of hydrogen-bond acceptors (Lipinski definition) is 4. The first-order valence-corrected chi connectivity index (χ1v) is 6.49. The molecule has 1 spiro atoms. The summed E-state index contributed by atoms with van der Waals surface area (Å²) in [5, 5.41) is 0.360. The summed E-state index contributed by atoms with van der Waals surface area (Å²) in [6.45, 7) is 2.06. The largest absolute Gasteiger partial charge is 0.496 e. The summed E-state index contributed by atoms with van der Waals surface area (Å²) >= 11 is 5.97. The van der Waals surface area contributed by atoms with Crippen molar-refractivity contribution in [2.45, 2.75) is 12.0 Å². The number of carbonyl (C=O) groups is 1. The Morgan fingerprint density at radius 2 is 2.21 bits per heavy atom. The fourth-order valence-corrected chi connectivity index (χ4v) is 2.67. The third-order valence-corrected chi connectivity index (χ3v) is 4.09. The van der Waals surface area contributed by atoms with E-state index in [1.54, 1.807) is 17.0 Å². The summed E-state index contributed by atoms with van der Waals surface area (Å²) in [6.07, 6.45) is 1.02. The average Bonchev–Trinajstić information content (AvgIpc) is 2.28. The lowest BCUT2D eigenvalue weighted by Crippen LogP contribution is -2.69. The van der Waals surface area contributed by atoms with Gasteiger partial charge in [-0.2, -0.15) is 0 Å². The third-order valence-electron chi connectivity index (χ3n) is 3.76. The van der Waals surface area contributed by atoms with Crippen LogP contribution in [0.2, 0.25) is 5.02 Å². The molecule has 1 aromatic carbocycles. The number of nitrogens with zero attached hydrogens (tertiary/aromatic N) is 1. The van der Waals surface area contributed by atoms with Crippen molar-refractivity contribution >= 4 is 23.2 Å². The number of nitrogen functional groups attached to an aromatic ring is 1. The first-order chi connectivity index (χ1) is 9.04. The number of anilines is 1. The predicted octanol–water partition coefficient (Wildman–Crippen LogP) is 1.55. The lowest BCUT2D eigenvalue weighted by atomic mass is 9.86. The molecule has 2 N–H and O–H groups in total. The molecule has 2 fully saturated rings. The van der Waals surface area contributed by atoms with Gasteiger partial charge in [0.15, 0.2) is 0 Å². The molecule has 3 rings (SSSR count). The van der Waals surface area contributed by atoms with Crippen LogP contribution in [-0.4, -0.2) is 43.2 Å². The number of amides is 1. The van der Waals surface area contributed by atoms with Gasteiger partial charge in [-0.25, -0.2) is 0 Å². The Kier molecular flexibility index (Phi) is 2.83. The average molecular weight is 283 g/mol. The van der Waals surface area contributed by atoms with Crippen molar-refractivity contribution < 1.29 is 14.3 Å². The Morgan fingerprint density at radius 1 is 1.53 bits per heavy atom. The number of halogens is 1. The first-order valence-electron chi connectivity index (χ1n) is 6.11. The highest BCUT2D eigenvalue weighted by Gasteiger charge is 2.51. The molecule has 2 aliphatic heterocycles. The Morgan fingerprint density at radius 3 is 2.74 bits per heavy atom. The number of rotatable bonds is 2. The van der Waals surface area contributed by atoms with Crippen LogP contribution in [0.4, 0.5) is 5.69 Å². The third kappa shape index (κ3) is 1.93. The molecule has 0 aliphatic carbocycles. The molecule has 0 radical (unpaired) electrons. The van der Waals surface area contributed by atoms with E-state index < -0.39 is 0 Å². The second-order valence-corrected chi connectivity index (χ2v) is 5.42. The van der Waals surface area contributed by atoms with Gasteiger partial charge < -0.3 is 20.1 Å². The fraction of sp³-hybridized carbons (Fsp3) is 0.462. The van der Waals surface area contributed by atoms with E-state index in [1.165, 1.54) is 7.11 Å². The zero-order valence-corrected chi connectivity index (χ0v) is 11.4. The molecule has 0 bridgehead atoms. The Balaban J connectivity index is 1.81. The van der Waals surface area contributed by atoms with Crippen LogP contribution in [0.25, 0.3) is 0 Å². The van der Waals surface area contributed by atoms with Gasteiger partial charge in [-0.05, 0) is 6.07 Å². The van der Waals surface area contributed by atoms with E-state index in [0.717, 1.165) is 13.0 Å². The second kappa shape index (κ2) is 4.28. The molecule has 6 heteroatoms. The molecule has 19 heavy (non-hydrogen) atoms. The van der Waals surface area contributed by atoms with E-state index in [2.05, 4.69) is 0 Å². The van der Waals surface area contributed by atoms with Crippen molar-refractivity contribution in [1.82, 2.24) is 4.90 Å². The minimum Gasteiger partial charge on any atom is -0.496 e. The molecule has 2 aliphatic rings. The summed E-state index contributed by atoms with van der Waals surface area (Å²) in [5.41, 5.74) is 6.46. The summed E-state index contributed by atoms with van der Waals surface area (Å²) in [6, 6.07) is 3.13. The number of methoxy groups -OCH3 is 1. The van der Waals surface area contributed by atoms with E-state index in [9.17, 15) is 4.79 Å². The van der Waals surface area contributed by atoms with E-state index in [4.69, 9.17) is 26.8 Å². The van der Waals surface area contributed by atoms with Crippen LogP contribution in [0.15, 0.2) is 12.1 Å². The van der Waals surface area contributed by atoms with Crippen molar-refractivity contribution in [3.8, 4) is 5.75 Å². The maximum Gasteiger partial charge on any atom is 0.257 e. The SMILES string of the molecule is COc1cc(N)c(Cl)cc1C(=O)N1CC2(CCO2)C1. The molecule has 1 aromatic rings. The number of carbonyl (C=O) groups excluding carboxylic acids is 1. The van der Waals surface area contributed by atoms with Gasteiger partial charge >= 0.3 is 0 Å². The Labute approximate surface area is 116 Å². The zero-order chi connectivity index (χ0) is 13.6. The molecule has 1 amide bonds. The summed E-state index contributed by atoms with van der Waals surface area (Å²) < 4.78 is 10.7. The van der Waals surface area contributed by atoms with Gasteiger partial charge in [0.1, 0.15) is 11.4 Å². The van der Waals surface area contributed by atoms with Gasteiger partial charge in [0, 0.05) is 12.5 Å². The topological polar surface area (TPSA) is 64.8 Å². The highest BCUT2D eigenvalue weighted by Crippen LogP contribution is 2.38. The number of benzene rings is 1. The summed E-state index contributed by atoms with van der Waals surface area (Å²) in [7, 11) is 1.51. The van der Waals surface area contributed by atoms with Crippen molar-refractivity contribution in [1.29, 1.82) is 0 Å². The lowest BCUT2D eigenvalue weighted by Gasteiger charge is -2.55. The van der Waals surface area contributed by atoms with Crippen molar-refractivity contribution in [3.05, 3.63) is 22.7 Å². The molecular weight excluding hydrogens is 268 g/mol. The van der Waals surface area contributed by atoms with Crippen molar-refractivity contribution in [2.75, 3.05) is 32.5 Å². The van der Waals surface area contributed by atoms with E-state index >= 15 is 0 Å². The van der Waals surface area contributed by atoms with Crippen LogP contribution in [0.3, 0.4) is 0 Å². The summed E-state index contributed by atoms with van der Waals surface area (Å²) in [4.78, 5) is 14.1. The summed E-state index contributed by atoms with van der Waals surface area (Å²) in [5.74, 6) is 0.349. The fourth-order valence-electron chi connectivity index (χ4n) is 2.51. The minimum atomic E-state index is -0.0973. The minimum absolute atomic E-state index is 0.0828. The number of likely N-dealkylation sites (tertiary alicyclic amines) is 1. The van der Waals surface area contributed by atoms with Crippen LogP contribution in [-0.2, 0) is 4.74 Å². The van der Waals surface area contributed by atoms with Crippen molar-refractivity contribution in [3.63, 3.8) is 0 Å². The van der Waals surface area contributed by atoms with Crippen LogP contribution in [0.1, 0.15) is 16.8 Å². The number of nitrogens with two attached hydrogens (primary N) is 1. The maximum absolute atomic E-state index is 12.4. The van der Waals surface area contributed by atoms with Gasteiger partial charge in [0.25, 0.3) is 5.91 Å². The molecule has 102 valence electrons. The predicted molar refractivity (Wildman–Crippen MR) is 71.6 cm³/mol. The lowest BCUT2D eigenvalue weighted by molar-refractivity contribution is -0.209. The van der Waals surface area contributed by atoms with Crippen LogP contribution >= 0.6 is 11.6 Å². The Hall–Kier alpha value is -1.46. The molecular formula is C13H15ClN2O3. The number of hydrogen-bond donors (Lipinski definition) is 1. The van der Waals surface area contributed by atoms with E-state index in [0.29, 0.717) is 35.1 Å². The molecule has 0 atom stereocenters. The smallest absolute Gasteiger partial charge is 0.257 e. The number of ether oxygens (including phenoxy) is 2. The monoisotopic (exact) mass is 282 g/mol. The van der Waals surface area contributed by atoms with Gasteiger partial charge in [-0.1, -0.05) is 11.6 Å². The van der Waals surface area contributed by atoms with E-state index in [-0.39, 0.29) is 11.5 Å². The van der Waals surface area contributed by atoms with Crippen LogP contribution < -0.4 is 10.5 Å². The van der Waals surface area contributed by atoms with E-state index in [1.807, 2.05) is 0 Å². The highest BCUT2D eigenvalue weighted by molar-refractivity contribution is 6.33. The maximum atomic E-state index is 12.4. The zero-order valence-electron chi connectivity index (χ0n) is 10.6. The van der Waals surface area contributed by atoms with Crippen LogP contribution in [0, 0.1) is 0 Å². The standard InChI is InChI=1S/C13H15ClN2O3/c1-18-11-5-10(15)9(14)4-8(11)12(17)16-6-13(7-16)2-3-19-13/h4-5H,2-3,6-7,15H2,1H3. The van der Waals surface area contributed by atoms with Gasteiger partial charge in [0.05, 0.1) is 43.1 Å². The van der Waals surface area contributed by atoms with Gasteiger partial charge in [-0.3, -0.25) is 4.79 Å². The molecule has 0 unspecified atom stereocenters. The molecule has 0 aromatic heterocycles. The first kappa shape index (κ1) is 12.6. The normalized spacial score (nSPS) is 19.8. The molecule has 2 saturated heterocycles. The van der Waals surface area contributed by atoms with Gasteiger partial charge in [0.2, 0.25) is 0 Å². The second-order valence-electron chi connectivity index (χ2n) is 5.02. The van der Waals surface area contributed by atoms with Crippen LogP contribution in [0.5, 0.6) is 5.75 Å². The molecule has 2 heterocycles.